The zero-order chi connectivity index (χ0) is 19.3. The van der Waals surface area contributed by atoms with E-state index in [2.05, 4.69) is 5.32 Å². The lowest BCUT2D eigenvalue weighted by Gasteiger charge is -2.32. The number of hydrogen-bond acceptors (Lipinski definition) is 4. The van der Waals surface area contributed by atoms with Gasteiger partial charge in [-0.1, -0.05) is 18.6 Å². The molecule has 1 aromatic rings. The van der Waals surface area contributed by atoms with Crippen LogP contribution in [0.3, 0.4) is 0 Å². The summed E-state index contributed by atoms with van der Waals surface area (Å²) in [5.41, 5.74) is 0.870. The molecule has 0 atom stereocenters. The van der Waals surface area contributed by atoms with E-state index in [-0.39, 0.29) is 18.3 Å². The Kier molecular flexibility index (Phi) is 8.74. The number of hydrogen-bond donors (Lipinski definition) is 1. The minimum Gasteiger partial charge on any atom is -0.342 e. The minimum absolute atomic E-state index is 0. The monoisotopic (exact) mass is 429 g/mol. The first kappa shape index (κ1) is 23.1. The predicted molar refractivity (Wildman–Crippen MR) is 113 cm³/mol. The number of piperidine rings is 2. The van der Waals surface area contributed by atoms with Gasteiger partial charge in [0.2, 0.25) is 15.9 Å². The highest BCUT2D eigenvalue weighted by Crippen LogP contribution is 2.22. The molecule has 0 aromatic heterocycles. The third-order valence-electron chi connectivity index (χ3n) is 5.69. The highest BCUT2D eigenvalue weighted by molar-refractivity contribution is 7.89. The fourth-order valence-corrected chi connectivity index (χ4v) is 5.51. The maximum atomic E-state index is 12.7. The van der Waals surface area contributed by atoms with Gasteiger partial charge >= 0.3 is 0 Å². The van der Waals surface area contributed by atoms with Crippen molar-refractivity contribution in [2.75, 3.05) is 39.8 Å². The van der Waals surface area contributed by atoms with Crippen LogP contribution in [0, 0.1) is 5.92 Å². The summed E-state index contributed by atoms with van der Waals surface area (Å²) in [5.74, 6) is 0.780. The quantitative estimate of drug-likeness (QED) is 0.753. The number of carbonyl (C=O) groups is 1. The topological polar surface area (TPSA) is 69.7 Å². The Morgan fingerprint density at radius 3 is 2.21 bits per heavy atom. The molecule has 0 saturated carbocycles. The largest absolute Gasteiger partial charge is 0.342 e. The summed E-state index contributed by atoms with van der Waals surface area (Å²) in [6.45, 7) is 3.84. The number of carbonyl (C=O) groups excluding carboxylic acids is 1. The molecule has 0 aliphatic carbocycles. The Morgan fingerprint density at radius 2 is 1.64 bits per heavy atom. The van der Waals surface area contributed by atoms with E-state index >= 15 is 0 Å². The lowest BCUT2D eigenvalue weighted by Crippen LogP contribution is -2.41. The van der Waals surface area contributed by atoms with Crippen LogP contribution in [0.25, 0.3) is 0 Å². The standard InChI is InChI=1S/C20H31N3O3S.ClH/c1-21-16-18-9-13-22(14-10-18)20(24)15-17-5-7-19(8-6-17)27(25,26)23-11-3-2-4-12-23;/h5-8,18,21H,2-4,9-16H2,1H3;1H. The van der Waals surface area contributed by atoms with Crippen LogP contribution in [0.2, 0.25) is 0 Å². The number of sulfonamides is 1. The second-order valence-corrected chi connectivity index (χ2v) is 9.61. The molecule has 0 radical (unpaired) electrons. The van der Waals surface area contributed by atoms with Crippen LogP contribution in [-0.2, 0) is 21.2 Å². The highest BCUT2D eigenvalue weighted by Gasteiger charge is 2.26. The van der Waals surface area contributed by atoms with Gasteiger partial charge < -0.3 is 10.2 Å². The van der Waals surface area contributed by atoms with Crippen molar-refractivity contribution in [1.29, 1.82) is 0 Å². The summed E-state index contributed by atoms with van der Waals surface area (Å²) in [6, 6.07) is 6.85. The molecule has 2 aliphatic rings. The molecule has 0 spiro atoms. The molecule has 0 bridgehead atoms. The smallest absolute Gasteiger partial charge is 0.243 e. The third kappa shape index (κ3) is 5.69. The van der Waals surface area contributed by atoms with E-state index in [4.69, 9.17) is 0 Å². The van der Waals surface area contributed by atoms with Crippen molar-refractivity contribution in [3.8, 4) is 0 Å². The molecule has 28 heavy (non-hydrogen) atoms. The van der Waals surface area contributed by atoms with Crippen molar-refractivity contribution in [3.05, 3.63) is 29.8 Å². The highest BCUT2D eigenvalue weighted by atomic mass is 35.5. The molecule has 2 saturated heterocycles. The minimum atomic E-state index is -3.41. The van der Waals surface area contributed by atoms with Crippen LogP contribution in [0.1, 0.15) is 37.7 Å². The summed E-state index contributed by atoms with van der Waals surface area (Å²) in [7, 11) is -1.44. The molecule has 2 fully saturated rings. The van der Waals surface area contributed by atoms with E-state index in [0.717, 1.165) is 57.3 Å². The van der Waals surface area contributed by atoms with Crippen LogP contribution in [-0.4, -0.2) is 63.3 Å². The fourth-order valence-electron chi connectivity index (χ4n) is 4.00. The number of likely N-dealkylation sites (tertiary alicyclic amines) is 1. The van der Waals surface area contributed by atoms with E-state index in [1.807, 2.05) is 11.9 Å². The Balaban J connectivity index is 0.00000280. The van der Waals surface area contributed by atoms with Crippen molar-refractivity contribution in [1.82, 2.24) is 14.5 Å². The van der Waals surface area contributed by atoms with Crippen molar-refractivity contribution < 1.29 is 13.2 Å². The van der Waals surface area contributed by atoms with Gasteiger partial charge in [-0.05, 0) is 62.9 Å². The number of nitrogens with one attached hydrogen (secondary N) is 1. The molecule has 158 valence electrons. The van der Waals surface area contributed by atoms with Gasteiger partial charge in [0.15, 0.2) is 0 Å². The first-order valence-corrected chi connectivity index (χ1v) is 11.5. The van der Waals surface area contributed by atoms with Crippen LogP contribution >= 0.6 is 12.4 Å². The number of nitrogens with zero attached hydrogens (tertiary/aromatic N) is 2. The maximum absolute atomic E-state index is 12.7. The SMILES string of the molecule is CNCC1CCN(C(=O)Cc2ccc(S(=O)(=O)N3CCCCC3)cc2)CC1.Cl. The van der Waals surface area contributed by atoms with Crippen LogP contribution < -0.4 is 5.32 Å². The Bertz CT molecular complexity index is 726. The van der Waals surface area contributed by atoms with Crippen LogP contribution in [0.15, 0.2) is 29.2 Å². The van der Waals surface area contributed by atoms with Gasteiger partial charge in [-0.2, -0.15) is 4.31 Å². The Labute approximate surface area is 175 Å². The molecule has 2 heterocycles. The maximum Gasteiger partial charge on any atom is 0.243 e. The lowest BCUT2D eigenvalue weighted by molar-refractivity contribution is -0.131. The van der Waals surface area contributed by atoms with Crippen LogP contribution in [0.4, 0.5) is 0 Å². The summed E-state index contributed by atoms with van der Waals surface area (Å²) in [5, 5.41) is 3.21. The van der Waals surface area contributed by atoms with Crippen LogP contribution in [0.5, 0.6) is 0 Å². The first-order valence-electron chi connectivity index (χ1n) is 10.0. The van der Waals surface area contributed by atoms with Crippen molar-refractivity contribution in [3.63, 3.8) is 0 Å². The molecule has 1 N–H and O–H groups in total. The number of benzene rings is 1. The van der Waals surface area contributed by atoms with E-state index in [0.29, 0.717) is 30.3 Å². The Morgan fingerprint density at radius 1 is 1.04 bits per heavy atom. The van der Waals surface area contributed by atoms with Crippen molar-refractivity contribution in [2.45, 2.75) is 43.4 Å². The summed E-state index contributed by atoms with van der Waals surface area (Å²) >= 11 is 0. The normalized spacial score (nSPS) is 19.2. The summed E-state index contributed by atoms with van der Waals surface area (Å²) in [4.78, 5) is 14.8. The second kappa shape index (κ2) is 10.6. The average Bonchev–Trinajstić information content (AvgIpc) is 2.70. The van der Waals surface area contributed by atoms with Gasteiger partial charge in [-0.25, -0.2) is 8.42 Å². The van der Waals surface area contributed by atoms with Crippen molar-refractivity contribution >= 4 is 28.3 Å². The van der Waals surface area contributed by atoms with Gasteiger partial charge in [-0.3, -0.25) is 4.79 Å². The number of rotatable bonds is 6. The van der Waals surface area contributed by atoms with Gasteiger partial charge in [0.05, 0.1) is 11.3 Å². The lowest BCUT2D eigenvalue weighted by atomic mass is 9.96. The average molecular weight is 430 g/mol. The summed E-state index contributed by atoms with van der Waals surface area (Å²) in [6.07, 6.45) is 5.37. The number of halogens is 1. The number of amides is 1. The molecule has 1 amide bonds. The van der Waals surface area contributed by atoms with Crippen molar-refractivity contribution in [2.24, 2.45) is 5.92 Å². The molecular weight excluding hydrogens is 398 g/mol. The molecule has 0 unspecified atom stereocenters. The predicted octanol–water partition coefficient (Wildman–Crippen LogP) is 2.28. The second-order valence-electron chi connectivity index (χ2n) is 7.67. The zero-order valence-electron chi connectivity index (χ0n) is 16.6. The molecular formula is C20H32ClN3O3S. The van der Waals surface area contributed by atoms with E-state index in [1.54, 1.807) is 28.6 Å². The molecule has 6 nitrogen and oxygen atoms in total. The van der Waals surface area contributed by atoms with E-state index < -0.39 is 10.0 Å². The first-order chi connectivity index (χ1) is 13.0. The molecule has 8 heteroatoms. The summed E-state index contributed by atoms with van der Waals surface area (Å²) < 4.78 is 27.0. The molecule has 3 rings (SSSR count). The van der Waals surface area contributed by atoms with Gasteiger partial charge in [0.25, 0.3) is 0 Å². The van der Waals surface area contributed by atoms with E-state index in [1.165, 1.54) is 0 Å². The Hall–Kier alpha value is -1.15. The van der Waals surface area contributed by atoms with Gasteiger partial charge in [-0.15, -0.1) is 12.4 Å². The van der Waals surface area contributed by atoms with E-state index in [9.17, 15) is 13.2 Å². The third-order valence-corrected chi connectivity index (χ3v) is 7.60. The van der Waals surface area contributed by atoms with Gasteiger partial charge in [0, 0.05) is 26.2 Å². The fraction of sp³-hybridized carbons (Fsp3) is 0.650. The zero-order valence-corrected chi connectivity index (χ0v) is 18.2. The molecule has 2 aliphatic heterocycles. The molecule has 1 aromatic carbocycles. The van der Waals surface area contributed by atoms with Gasteiger partial charge in [0.1, 0.15) is 0 Å².